The van der Waals surface area contributed by atoms with E-state index in [2.05, 4.69) is 0 Å². The number of hydrogen-bond donors (Lipinski definition) is 0. The summed E-state index contributed by atoms with van der Waals surface area (Å²) in [6, 6.07) is 0. The second kappa shape index (κ2) is 23.8. The van der Waals surface area contributed by atoms with Gasteiger partial charge in [0.2, 0.25) is 0 Å². The Morgan fingerprint density at radius 2 is 0.500 bits per heavy atom. The van der Waals surface area contributed by atoms with Gasteiger partial charge >= 0.3 is 0 Å². The summed E-state index contributed by atoms with van der Waals surface area (Å²) < 4.78 is 0. The minimum absolute atomic E-state index is 0. The summed E-state index contributed by atoms with van der Waals surface area (Å²) in [4.78, 5) is 0. The van der Waals surface area contributed by atoms with Crippen molar-refractivity contribution in [1.29, 1.82) is 0 Å². The van der Waals surface area contributed by atoms with Crippen LogP contribution >= 0.6 is 0 Å². The van der Waals surface area contributed by atoms with Crippen molar-refractivity contribution >= 4 is 52.1 Å². The van der Waals surface area contributed by atoms with Crippen LogP contribution in [0.25, 0.3) is 0 Å². The topological polar surface area (TPSA) is 31.5 Å². The lowest BCUT2D eigenvalue weighted by Gasteiger charge is -0.412. The molecule has 0 aliphatic rings. The molecule has 0 radical (unpaired) electrons. The van der Waals surface area contributed by atoms with Crippen LogP contribution in [0.5, 0.6) is 0 Å². The zero-order valence-corrected chi connectivity index (χ0v) is 0.500. The van der Waals surface area contributed by atoms with Gasteiger partial charge in [0, 0.05) is 0 Å². The first kappa shape index (κ1) is 47.6. The Morgan fingerprint density at radius 1 is 0.500 bits per heavy atom. The van der Waals surface area contributed by atoms with E-state index in [1.807, 2.05) is 0 Å². The Bertz CT molecular complexity index is 3.25. The summed E-state index contributed by atoms with van der Waals surface area (Å²) in [7, 11) is 0. The molecule has 4 heteroatoms. The largest absolute Gasteiger partial charge is 0.412 e. The lowest BCUT2D eigenvalue weighted by atomic mass is 16.0. The molecule has 1 nitrogen and oxygen atoms in total. The minimum atomic E-state index is 0. The molecule has 0 saturated carbocycles. The lowest BCUT2D eigenvalue weighted by Crippen LogP contribution is -0.382. The monoisotopic (exact) mass is 108 g/mol. The lowest BCUT2D eigenvalue weighted by molar-refractivity contribution is 0.824. The van der Waals surface area contributed by atoms with Crippen molar-refractivity contribution in [2.24, 2.45) is 0 Å². The van der Waals surface area contributed by atoms with Crippen molar-refractivity contribution in [3.05, 3.63) is 0 Å². The average Bonchev–Trinajstić information content (AvgIpc) is 0. The third-order valence-corrected chi connectivity index (χ3v) is 0. The molecule has 0 atom stereocenters. The van der Waals surface area contributed by atoms with Crippen LogP contribution < -0.4 is 0 Å². The fourth-order valence-corrected chi connectivity index (χ4v) is 0. The van der Waals surface area contributed by atoms with Crippen molar-refractivity contribution in [3.8, 4) is 0 Å². The maximum Gasteiger partial charge on any atom is 0.187 e. The molecular weight excluding hydrogens is 96.9 g/mol. The maximum atomic E-state index is 0. The van der Waals surface area contributed by atoms with Crippen LogP contribution in [0.3, 0.4) is 0 Å². The van der Waals surface area contributed by atoms with Crippen LogP contribution in [0.1, 0.15) is 0 Å². The number of hydrogen-bond acceptors (Lipinski definition) is 0. The van der Waals surface area contributed by atoms with E-state index in [9.17, 15) is 0 Å². The van der Waals surface area contributed by atoms with Gasteiger partial charge in [0.25, 0.3) is 0 Å². The van der Waals surface area contributed by atoms with E-state index in [-0.39, 0.29) is 57.6 Å². The molecule has 0 aliphatic carbocycles. The molecule has 0 aromatic heterocycles. The van der Waals surface area contributed by atoms with Gasteiger partial charge in [0.05, 0.1) is 0 Å². The third-order valence-electron chi connectivity index (χ3n) is 0. The molecule has 0 spiro atoms. The van der Waals surface area contributed by atoms with Gasteiger partial charge in [-0.05, 0) is 0 Å². The molecule has 0 aromatic rings. The predicted molar refractivity (Wildman–Crippen MR) is 33.4 cm³/mol. The van der Waals surface area contributed by atoms with Crippen molar-refractivity contribution in [1.82, 2.24) is 0 Å². The van der Waals surface area contributed by atoms with Crippen LogP contribution in [0, 0.1) is 0 Å². The van der Waals surface area contributed by atoms with E-state index >= 15 is 0 Å². The second-order valence-electron chi connectivity index (χ2n) is 0. The summed E-state index contributed by atoms with van der Waals surface area (Å²) >= 11 is 0. The Morgan fingerprint density at radius 3 is 0.500 bits per heavy atom. The fraction of sp³-hybridized carbons (Fsp3) is 0. The van der Waals surface area contributed by atoms with Crippen molar-refractivity contribution in [2.75, 3.05) is 0 Å². The number of rotatable bonds is 0. The van der Waals surface area contributed by atoms with Crippen LogP contribution in [0.2, 0.25) is 0 Å². The fourth-order valence-electron chi connectivity index (χ4n) is 0. The Labute approximate surface area is 57.5 Å². The zero-order valence-electron chi connectivity index (χ0n) is 0.500. The van der Waals surface area contributed by atoms with Gasteiger partial charge in [0.15, 0.2) is 52.1 Å². The SMILES string of the molecule is O.[AlH3].[AlH3].[AlH3]. The van der Waals surface area contributed by atoms with Crippen molar-refractivity contribution in [2.45, 2.75) is 0 Å². The molecule has 0 amide bonds. The highest BCUT2D eigenvalue weighted by Crippen LogP contribution is -0.289. The molecule has 0 saturated heterocycles. The predicted octanol–water partition coefficient (Wildman–Crippen LogP) is -4.38. The molecule has 0 rings (SSSR count). The van der Waals surface area contributed by atoms with Gasteiger partial charge in [-0.2, -0.15) is 0 Å². The summed E-state index contributed by atoms with van der Waals surface area (Å²) in [5.41, 5.74) is 0. The summed E-state index contributed by atoms with van der Waals surface area (Å²) in [6.07, 6.45) is 0. The highest BCUT2D eigenvalue weighted by Gasteiger charge is 0.189. The smallest absolute Gasteiger partial charge is 0.187 e. The van der Waals surface area contributed by atoms with E-state index < -0.39 is 0 Å². The summed E-state index contributed by atoms with van der Waals surface area (Å²) in [5, 5.41) is 0. The first-order valence-corrected chi connectivity index (χ1v) is 0. The first-order valence-electron chi connectivity index (χ1n) is 0. The van der Waals surface area contributed by atoms with Gasteiger partial charge in [-0.25, -0.2) is 0 Å². The van der Waals surface area contributed by atoms with Crippen LogP contribution in [-0.2, 0) is 0 Å². The van der Waals surface area contributed by atoms with E-state index in [1.54, 1.807) is 0 Å². The first-order chi connectivity index (χ1) is 0. The minimum Gasteiger partial charge on any atom is -0.412 e. The molecular formula is H11Al3O. The maximum absolute atomic E-state index is 0. The summed E-state index contributed by atoms with van der Waals surface area (Å²) in [6.45, 7) is 0. The van der Waals surface area contributed by atoms with E-state index in [0.29, 0.717) is 0 Å². The molecule has 0 aromatic carbocycles. The van der Waals surface area contributed by atoms with Gasteiger partial charge in [-0.3, -0.25) is 0 Å². The van der Waals surface area contributed by atoms with E-state index in [1.165, 1.54) is 0 Å². The molecule has 0 fully saturated rings. The standard InChI is InChI=1S/3Al.H2O.9H/h;;;1H2;;;;;;;;;. The Balaban J connectivity index is 0. The Hall–Kier alpha value is 1.56. The van der Waals surface area contributed by atoms with E-state index in [0.717, 1.165) is 0 Å². The molecule has 26 valence electrons. The van der Waals surface area contributed by atoms with Crippen LogP contribution in [0.15, 0.2) is 0 Å². The summed E-state index contributed by atoms with van der Waals surface area (Å²) in [5.74, 6) is 0. The normalized spacial score (nSPS) is 0. The van der Waals surface area contributed by atoms with Gasteiger partial charge in [-0.15, -0.1) is 0 Å². The van der Waals surface area contributed by atoms with Gasteiger partial charge in [0.1, 0.15) is 0 Å². The molecule has 4 heavy (non-hydrogen) atoms. The third kappa shape index (κ3) is 9.59. The molecule has 0 bridgehead atoms. The quantitative estimate of drug-likeness (QED) is 0.281. The average molecular weight is 108 g/mol. The van der Waals surface area contributed by atoms with Crippen molar-refractivity contribution in [3.63, 3.8) is 0 Å². The molecule has 0 heterocycles. The Kier molecular flexibility index (Phi) is 283. The van der Waals surface area contributed by atoms with Gasteiger partial charge in [-0.1, -0.05) is 0 Å². The molecule has 2 N–H and O–H groups in total. The van der Waals surface area contributed by atoms with Gasteiger partial charge < -0.3 is 5.48 Å². The highest BCUT2D eigenvalue weighted by molar-refractivity contribution is 5.76. The van der Waals surface area contributed by atoms with Crippen molar-refractivity contribution < 1.29 is 5.48 Å². The molecule has 0 unspecified atom stereocenters. The zero-order chi connectivity index (χ0) is 0. The van der Waals surface area contributed by atoms with Crippen LogP contribution in [-0.4, -0.2) is 57.6 Å². The van der Waals surface area contributed by atoms with Crippen LogP contribution in [0.4, 0.5) is 0 Å². The van der Waals surface area contributed by atoms with E-state index in [4.69, 9.17) is 0 Å². The second-order valence-corrected chi connectivity index (χ2v) is 0. The highest BCUT2D eigenvalue weighted by atomic mass is 27.0. The molecule has 0 aliphatic heterocycles.